The number of aliphatic carboxylic acids is 1. The molecule has 0 saturated heterocycles. The third kappa shape index (κ3) is 3.73. The number of carbonyl (C=O) groups excluding carboxylic acids is 1. The van der Waals surface area contributed by atoms with Crippen molar-refractivity contribution in [3.63, 3.8) is 0 Å². The number of benzene rings is 1. The van der Waals surface area contributed by atoms with Gasteiger partial charge in [0.25, 0.3) is 0 Å². The fourth-order valence-corrected chi connectivity index (χ4v) is 2.18. The van der Waals surface area contributed by atoms with Crippen molar-refractivity contribution in [2.24, 2.45) is 5.92 Å². The Labute approximate surface area is 117 Å². The highest BCUT2D eigenvalue weighted by Crippen LogP contribution is 2.25. The predicted octanol–water partition coefficient (Wildman–Crippen LogP) is 2.67. The van der Waals surface area contributed by atoms with Crippen LogP contribution >= 0.6 is 0 Å². The van der Waals surface area contributed by atoms with Crippen LogP contribution in [0.2, 0.25) is 0 Å². The molecule has 1 aliphatic rings. The zero-order chi connectivity index (χ0) is 14.5. The average Bonchev–Trinajstić information content (AvgIpc) is 2.92. The Kier molecular flexibility index (Phi) is 4.61. The third-order valence-corrected chi connectivity index (χ3v) is 3.49. The van der Waals surface area contributed by atoms with E-state index in [0.717, 1.165) is 18.6 Å². The number of carboxylic acids is 1. The number of hydrogen-bond acceptors (Lipinski definition) is 3. The molecule has 1 fully saturated rings. The fourth-order valence-electron chi connectivity index (χ4n) is 2.18. The van der Waals surface area contributed by atoms with Crippen LogP contribution in [0.1, 0.15) is 32.6 Å². The molecule has 0 aliphatic heterocycles. The molecule has 1 amide bonds. The predicted molar refractivity (Wildman–Crippen MR) is 74.8 cm³/mol. The van der Waals surface area contributed by atoms with E-state index < -0.39 is 17.8 Å². The van der Waals surface area contributed by atoms with Gasteiger partial charge in [0.15, 0.2) is 0 Å². The van der Waals surface area contributed by atoms with E-state index >= 15 is 0 Å². The standard InChI is InChI=1S/C15H19NO4/c1-10(15(18)19)14(17)16-11-6-8-13(9-7-11)20-12-4-2-3-5-12/h6-10,12H,2-5H2,1H3,(H,16,17)(H,18,19). The summed E-state index contributed by atoms with van der Waals surface area (Å²) in [6.45, 7) is 1.36. The van der Waals surface area contributed by atoms with Gasteiger partial charge in [0.1, 0.15) is 11.7 Å². The number of anilines is 1. The molecule has 0 spiro atoms. The van der Waals surface area contributed by atoms with Crippen LogP contribution in [-0.2, 0) is 9.59 Å². The van der Waals surface area contributed by atoms with E-state index in [2.05, 4.69) is 5.32 Å². The summed E-state index contributed by atoms with van der Waals surface area (Å²) >= 11 is 0. The number of ether oxygens (including phenoxy) is 1. The second kappa shape index (κ2) is 6.41. The normalized spacial score (nSPS) is 16.6. The van der Waals surface area contributed by atoms with Gasteiger partial charge in [-0.15, -0.1) is 0 Å². The first-order chi connectivity index (χ1) is 9.56. The molecule has 0 bridgehead atoms. The molecule has 0 aromatic heterocycles. The van der Waals surface area contributed by atoms with Gasteiger partial charge in [-0.25, -0.2) is 0 Å². The second-order valence-corrected chi connectivity index (χ2v) is 5.10. The van der Waals surface area contributed by atoms with Gasteiger partial charge in [-0.1, -0.05) is 0 Å². The van der Waals surface area contributed by atoms with Crippen molar-refractivity contribution in [3.8, 4) is 5.75 Å². The number of hydrogen-bond donors (Lipinski definition) is 2. The number of amides is 1. The molecule has 1 aliphatic carbocycles. The second-order valence-electron chi connectivity index (χ2n) is 5.10. The maximum Gasteiger partial charge on any atom is 0.315 e. The zero-order valence-electron chi connectivity index (χ0n) is 11.5. The van der Waals surface area contributed by atoms with Gasteiger partial charge >= 0.3 is 5.97 Å². The maximum absolute atomic E-state index is 11.6. The first kappa shape index (κ1) is 14.4. The molecule has 5 heteroatoms. The molecular formula is C15H19NO4. The molecule has 1 aromatic carbocycles. The topological polar surface area (TPSA) is 75.6 Å². The van der Waals surface area contributed by atoms with Gasteiger partial charge in [-0.05, 0) is 56.9 Å². The summed E-state index contributed by atoms with van der Waals surface area (Å²) in [6.07, 6.45) is 4.91. The monoisotopic (exact) mass is 277 g/mol. The minimum atomic E-state index is -1.14. The molecule has 0 radical (unpaired) electrons. The molecule has 2 rings (SSSR count). The van der Waals surface area contributed by atoms with Crippen molar-refractivity contribution in [2.45, 2.75) is 38.7 Å². The van der Waals surface area contributed by atoms with E-state index in [4.69, 9.17) is 9.84 Å². The van der Waals surface area contributed by atoms with Crippen LogP contribution in [0, 0.1) is 5.92 Å². The van der Waals surface area contributed by atoms with E-state index in [1.165, 1.54) is 19.8 Å². The maximum atomic E-state index is 11.6. The highest BCUT2D eigenvalue weighted by atomic mass is 16.5. The summed E-state index contributed by atoms with van der Waals surface area (Å²) < 4.78 is 5.81. The minimum absolute atomic E-state index is 0.294. The SMILES string of the molecule is CC(C(=O)O)C(=O)Nc1ccc(OC2CCCC2)cc1. The first-order valence-electron chi connectivity index (χ1n) is 6.86. The van der Waals surface area contributed by atoms with Gasteiger partial charge in [-0.3, -0.25) is 9.59 Å². The van der Waals surface area contributed by atoms with Crippen LogP contribution in [0.3, 0.4) is 0 Å². The molecule has 5 nitrogen and oxygen atoms in total. The lowest BCUT2D eigenvalue weighted by Crippen LogP contribution is -2.26. The molecule has 1 saturated carbocycles. The number of nitrogens with one attached hydrogen (secondary N) is 1. The highest BCUT2D eigenvalue weighted by molar-refractivity contribution is 6.03. The lowest BCUT2D eigenvalue weighted by atomic mass is 10.1. The molecule has 1 aromatic rings. The van der Waals surface area contributed by atoms with Crippen molar-refractivity contribution >= 4 is 17.6 Å². The van der Waals surface area contributed by atoms with E-state index in [9.17, 15) is 9.59 Å². The van der Waals surface area contributed by atoms with Crippen molar-refractivity contribution < 1.29 is 19.4 Å². The summed E-state index contributed by atoms with van der Waals surface area (Å²) in [7, 11) is 0. The largest absolute Gasteiger partial charge is 0.490 e. The summed E-state index contributed by atoms with van der Waals surface area (Å²) in [6, 6.07) is 7.02. The lowest BCUT2D eigenvalue weighted by Gasteiger charge is -2.14. The van der Waals surface area contributed by atoms with E-state index in [1.54, 1.807) is 24.3 Å². The van der Waals surface area contributed by atoms with E-state index in [0.29, 0.717) is 11.8 Å². The summed E-state index contributed by atoms with van der Waals surface area (Å²) in [5, 5.41) is 11.3. The molecule has 1 atom stereocenters. The molecule has 1 unspecified atom stereocenters. The Balaban J connectivity index is 1.90. The molecule has 108 valence electrons. The van der Waals surface area contributed by atoms with Crippen molar-refractivity contribution in [2.75, 3.05) is 5.32 Å². The van der Waals surface area contributed by atoms with Crippen molar-refractivity contribution in [1.29, 1.82) is 0 Å². The van der Waals surface area contributed by atoms with E-state index in [-0.39, 0.29) is 0 Å². The average molecular weight is 277 g/mol. The molecule has 2 N–H and O–H groups in total. The summed E-state index contributed by atoms with van der Waals surface area (Å²) in [4.78, 5) is 22.3. The third-order valence-electron chi connectivity index (χ3n) is 3.49. The Bertz CT molecular complexity index is 477. The summed E-state index contributed by atoms with van der Waals surface area (Å²) in [5.74, 6) is -1.95. The van der Waals surface area contributed by atoms with Gasteiger partial charge < -0.3 is 15.2 Å². The fraction of sp³-hybridized carbons (Fsp3) is 0.467. The van der Waals surface area contributed by atoms with Crippen LogP contribution in [0.15, 0.2) is 24.3 Å². The number of carbonyl (C=O) groups is 2. The van der Waals surface area contributed by atoms with Crippen LogP contribution in [0.5, 0.6) is 5.75 Å². The van der Waals surface area contributed by atoms with Crippen molar-refractivity contribution in [1.82, 2.24) is 0 Å². The van der Waals surface area contributed by atoms with Gasteiger partial charge in [0.05, 0.1) is 6.10 Å². The number of carboxylic acid groups (broad SMARTS) is 1. The molecule has 0 heterocycles. The lowest BCUT2D eigenvalue weighted by molar-refractivity contribution is -0.144. The van der Waals surface area contributed by atoms with Crippen LogP contribution in [0.4, 0.5) is 5.69 Å². The van der Waals surface area contributed by atoms with Gasteiger partial charge in [0, 0.05) is 5.69 Å². The smallest absolute Gasteiger partial charge is 0.315 e. The Hall–Kier alpha value is -2.04. The van der Waals surface area contributed by atoms with Crippen molar-refractivity contribution in [3.05, 3.63) is 24.3 Å². The zero-order valence-corrected chi connectivity index (χ0v) is 11.5. The molecule has 20 heavy (non-hydrogen) atoms. The highest BCUT2D eigenvalue weighted by Gasteiger charge is 2.20. The Morgan fingerprint density at radius 2 is 1.85 bits per heavy atom. The Morgan fingerprint density at radius 1 is 1.25 bits per heavy atom. The van der Waals surface area contributed by atoms with Crippen LogP contribution in [-0.4, -0.2) is 23.1 Å². The first-order valence-corrected chi connectivity index (χ1v) is 6.86. The number of rotatable bonds is 5. The van der Waals surface area contributed by atoms with Crippen LogP contribution in [0.25, 0.3) is 0 Å². The molecular weight excluding hydrogens is 258 g/mol. The summed E-state index contributed by atoms with van der Waals surface area (Å²) in [5.41, 5.74) is 0.571. The van der Waals surface area contributed by atoms with Gasteiger partial charge in [-0.2, -0.15) is 0 Å². The Morgan fingerprint density at radius 3 is 2.40 bits per heavy atom. The van der Waals surface area contributed by atoms with Crippen LogP contribution < -0.4 is 10.1 Å². The van der Waals surface area contributed by atoms with Gasteiger partial charge in [0.2, 0.25) is 5.91 Å². The minimum Gasteiger partial charge on any atom is -0.490 e. The van der Waals surface area contributed by atoms with E-state index in [1.807, 2.05) is 0 Å². The quantitative estimate of drug-likeness (QED) is 0.811.